The first-order valence-corrected chi connectivity index (χ1v) is 9.85. The summed E-state index contributed by atoms with van der Waals surface area (Å²) in [6.45, 7) is 0.984. The van der Waals surface area contributed by atoms with E-state index in [1.54, 1.807) is 24.3 Å². The number of carbonyl (C=O) groups excluding carboxylic acids is 1. The molecule has 0 bridgehead atoms. The lowest BCUT2D eigenvalue weighted by Gasteiger charge is -2.24. The fraction of sp³-hybridized carbons (Fsp3) is 0.375. The molecule has 7 nitrogen and oxygen atoms in total. The Hall–Kier alpha value is -1.90. The highest BCUT2D eigenvalue weighted by molar-refractivity contribution is 7.89. The molecule has 1 aliphatic rings. The summed E-state index contributed by atoms with van der Waals surface area (Å²) in [7, 11) is -3.59. The number of anilines is 1. The van der Waals surface area contributed by atoms with Gasteiger partial charge in [-0.2, -0.15) is 4.31 Å². The normalized spacial score (nSPS) is 15.9. The van der Waals surface area contributed by atoms with Crippen molar-refractivity contribution in [3.8, 4) is 0 Å². The second-order valence-corrected chi connectivity index (χ2v) is 8.17. The van der Waals surface area contributed by atoms with Crippen molar-refractivity contribution in [1.29, 1.82) is 0 Å². The molecule has 9 heteroatoms. The van der Waals surface area contributed by atoms with Gasteiger partial charge in [-0.15, -0.1) is 0 Å². The maximum Gasteiger partial charge on any atom is 0.262 e. The van der Waals surface area contributed by atoms with Crippen LogP contribution in [0.4, 0.5) is 5.69 Å². The van der Waals surface area contributed by atoms with E-state index in [9.17, 15) is 13.2 Å². The van der Waals surface area contributed by atoms with E-state index < -0.39 is 10.0 Å². The first-order chi connectivity index (χ1) is 12.0. The number of halogens is 1. The lowest BCUT2D eigenvalue weighted by Crippen LogP contribution is -2.35. The summed E-state index contributed by atoms with van der Waals surface area (Å²) >= 11 is 6.00. The maximum absolute atomic E-state index is 12.6. The quantitative estimate of drug-likeness (QED) is 0.860. The zero-order valence-electron chi connectivity index (χ0n) is 13.6. The number of benzene rings is 1. The van der Waals surface area contributed by atoms with Crippen LogP contribution in [-0.4, -0.2) is 41.3 Å². The lowest BCUT2D eigenvalue weighted by molar-refractivity contribution is -0.116. The van der Waals surface area contributed by atoms with Crippen molar-refractivity contribution in [2.45, 2.75) is 30.8 Å². The molecular formula is C16H19ClN4O3S. The van der Waals surface area contributed by atoms with Crippen LogP contribution < -0.4 is 5.32 Å². The number of carbonyl (C=O) groups is 1. The number of hydrogen-bond acceptors (Lipinski definition) is 4. The largest absolute Gasteiger partial charge is 0.327 e. The van der Waals surface area contributed by atoms with Crippen LogP contribution in [0.15, 0.2) is 41.8 Å². The van der Waals surface area contributed by atoms with Crippen molar-refractivity contribution in [2.75, 3.05) is 18.4 Å². The minimum atomic E-state index is -3.59. The minimum Gasteiger partial charge on any atom is -0.327 e. The van der Waals surface area contributed by atoms with Gasteiger partial charge in [0.1, 0.15) is 6.54 Å². The number of imidazole rings is 1. The van der Waals surface area contributed by atoms with Crippen molar-refractivity contribution < 1.29 is 13.2 Å². The summed E-state index contributed by atoms with van der Waals surface area (Å²) in [4.78, 5) is 16.1. The Morgan fingerprint density at radius 2 is 1.92 bits per heavy atom. The van der Waals surface area contributed by atoms with E-state index in [2.05, 4.69) is 10.3 Å². The van der Waals surface area contributed by atoms with Gasteiger partial charge in [-0.05, 0) is 25.0 Å². The molecule has 1 fully saturated rings. The van der Waals surface area contributed by atoms with Crippen LogP contribution in [0.5, 0.6) is 0 Å². The number of hydrogen-bond donors (Lipinski definition) is 1. The Bertz CT molecular complexity index is 860. The van der Waals surface area contributed by atoms with Crippen LogP contribution in [0.2, 0.25) is 5.02 Å². The number of nitrogens with zero attached hydrogens (tertiary/aromatic N) is 3. The molecule has 1 aromatic carbocycles. The van der Waals surface area contributed by atoms with E-state index in [0.717, 1.165) is 19.3 Å². The highest BCUT2D eigenvalue weighted by atomic mass is 35.5. The van der Waals surface area contributed by atoms with E-state index in [1.165, 1.54) is 21.4 Å². The molecule has 1 aliphatic heterocycles. The zero-order valence-corrected chi connectivity index (χ0v) is 15.1. The van der Waals surface area contributed by atoms with Gasteiger partial charge < -0.3 is 9.88 Å². The molecule has 2 heterocycles. The molecule has 1 N–H and O–H groups in total. The molecule has 0 atom stereocenters. The molecule has 1 amide bonds. The average Bonchev–Trinajstić information content (AvgIpc) is 3.07. The Labute approximate surface area is 151 Å². The third kappa shape index (κ3) is 4.20. The summed E-state index contributed by atoms with van der Waals surface area (Å²) in [5.74, 6) is -0.313. The number of nitrogens with one attached hydrogen (secondary N) is 1. The van der Waals surface area contributed by atoms with Gasteiger partial charge >= 0.3 is 0 Å². The second-order valence-electron chi connectivity index (χ2n) is 5.88. The zero-order chi connectivity index (χ0) is 17.9. The maximum atomic E-state index is 12.6. The smallest absolute Gasteiger partial charge is 0.262 e. The molecule has 0 unspecified atom stereocenters. The van der Waals surface area contributed by atoms with Crippen LogP contribution in [0.1, 0.15) is 19.3 Å². The summed E-state index contributed by atoms with van der Waals surface area (Å²) in [5.41, 5.74) is 0.510. The highest BCUT2D eigenvalue weighted by Crippen LogP contribution is 2.21. The Kier molecular flexibility index (Phi) is 5.41. The molecule has 3 rings (SSSR count). The van der Waals surface area contributed by atoms with Gasteiger partial charge in [0.05, 0.1) is 17.0 Å². The second kappa shape index (κ2) is 7.55. The third-order valence-electron chi connectivity index (χ3n) is 4.00. The Morgan fingerprint density at radius 1 is 1.20 bits per heavy atom. The molecular weight excluding hydrogens is 364 g/mol. The highest BCUT2D eigenvalue weighted by Gasteiger charge is 2.28. The lowest BCUT2D eigenvalue weighted by atomic mass is 10.2. The average molecular weight is 383 g/mol. The van der Waals surface area contributed by atoms with Crippen LogP contribution in [0.25, 0.3) is 0 Å². The van der Waals surface area contributed by atoms with Gasteiger partial charge in [0.25, 0.3) is 10.0 Å². The van der Waals surface area contributed by atoms with Crippen molar-refractivity contribution in [2.24, 2.45) is 0 Å². The number of aromatic nitrogens is 2. The van der Waals surface area contributed by atoms with Crippen molar-refractivity contribution in [3.05, 3.63) is 41.8 Å². The van der Waals surface area contributed by atoms with Crippen LogP contribution in [0, 0.1) is 0 Å². The molecule has 1 aromatic heterocycles. The Balaban J connectivity index is 1.67. The number of rotatable bonds is 5. The number of para-hydroxylation sites is 1. The summed E-state index contributed by atoms with van der Waals surface area (Å²) in [5, 5.41) is 3.10. The van der Waals surface area contributed by atoms with Gasteiger partial charge in [-0.25, -0.2) is 13.4 Å². The van der Waals surface area contributed by atoms with Gasteiger partial charge in [0.15, 0.2) is 5.03 Å². The van der Waals surface area contributed by atoms with Crippen LogP contribution in [-0.2, 0) is 21.4 Å². The first-order valence-electron chi connectivity index (χ1n) is 8.03. The van der Waals surface area contributed by atoms with Crippen LogP contribution in [0.3, 0.4) is 0 Å². The van der Waals surface area contributed by atoms with Crippen LogP contribution >= 0.6 is 11.6 Å². The number of sulfonamides is 1. The first kappa shape index (κ1) is 17.9. The molecule has 0 spiro atoms. The van der Waals surface area contributed by atoms with Crippen molar-refractivity contribution >= 4 is 33.2 Å². The van der Waals surface area contributed by atoms with E-state index in [1.807, 2.05) is 0 Å². The molecule has 134 valence electrons. The fourth-order valence-corrected chi connectivity index (χ4v) is 4.35. The van der Waals surface area contributed by atoms with Gasteiger partial charge in [-0.3, -0.25) is 4.79 Å². The monoisotopic (exact) mass is 382 g/mol. The topological polar surface area (TPSA) is 84.3 Å². The molecule has 0 aliphatic carbocycles. The van der Waals surface area contributed by atoms with Gasteiger partial charge in [0, 0.05) is 19.3 Å². The number of piperidine rings is 1. The standard InChI is InChI=1S/C16H19ClN4O3S/c17-13-6-2-3-7-14(13)19-15(22)10-20-11-16(18-12-20)25(23,24)21-8-4-1-5-9-21/h2-3,6-7,11-12H,1,4-5,8-10H2,(H,19,22). The van der Waals surface area contributed by atoms with E-state index in [-0.39, 0.29) is 17.5 Å². The molecule has 0 saturated carbocycles. The van der Waals surface area contributed by atoms with Crippen molar-refractivity contribution in [3.63, 3.8) is 0 Å². The van der Waals surface area contributed by atoms with Gasteiger partial charge in [-0.1, -0.05) is 30.2 Å². The predicted octanol–water partition coefficient (Wildman–Crippen LogP) is 2.35. The number of amides is 1. The summed E-state index contributed by atoms with van der Waals surface area (Å²) in [6.07, 6.45) is 5.50. The summed E-state index contributed by atoms with van der Waals surface area (Å²) < 4.78 is 28.0. The molecule has 2 aromatic rings. The van der Waals surface area contributed by atoms with E-state index in [0.29, 0.717) is 23.8 Å². The molecule has 0 radical (unpaired) electrons. The Morgan fingerprint density at radius 3 is 2.64 bits per heavy atom. The van der Waals surface area contributed by atoms with Crippen molar-refractivity contribution in [1.82, 2.24) is 13.9 Å². The summed E-state index contributed by atoms with van der Waals surface area (Å²) in [6, 6.07) is 6.91. The predicted molar refractivity (Wildman–Crippen MR) is 94.9 cm³/mol. The third-order valence-corrected chi connectivity index (χ3v) is 6.12. The minimum absolute atomic E-state index is 0.0278. The molecule has 1 saturated heterocycles. The SMILES string of the molecule is O=C(Cn1cnc(S(=O)(=O)N2CCCCC2)c1)Nc1ccccc1Cl. The van der Waals surface area contributed by atoms with E-state index in [4.69, 9.17) is 11.6 Å². The molecule has 25 heavy (non-hydrogen) atoms. The fourth-order valence-electron chi connectivity index (χ4n) is 2.71. The van der Waals surface area contributed by atoms with Gasteiger partial charge in [0.2, 0.25) is 5.91 Å². The van der Waals surface area contributed by atoms with E-state index >= 15 is 0 Å².